The second-order valence-electron chi connectivity index (χ2n) is 5.12. The van der Waals surface area contributed by atoms with Crippen LogP contribution in [0.3, 0.4) is 0 Å². The maximum absolute atomic E-state index is 12.4. The number of benzene rings is 2. The molecule has 21 heavy (non-hydrogen) atoms. The van der Waals surface area contributed by atoms with Gasteiger partial charge in [0.2, 0.25) is 10.0 Å². The van der Waals surface area contributed by atoms with Crippen molar-refractivity contribution >= 4 is 10.0 Å². The molecule has 4 nitrogen and oxygen atoms in total. The summed E-state index contributed by atoms with van der Waals surface area (Å²) in [5, 5.41) is 0. The lowest BCUT2D eigenvalue weighted by Gasteiger charge is -2.10. The quantitative estimate of drug-likeness (QED) is 0.890. The van der Waals surface area contributed by atoms with Crippen molar-refractivity contribution in [1.29, 1.82) is 0 Å². The van der Waals surface area contributed by atoms with Gasteiger partial charge in [0.15, 0.2) is 0 Å². The molecule has 5 heteroatoms. The average molecular weight is 304 g/mol. The van der Waals surface area contributed by atoms with Crippen LogP contribution in [0.15, 0.2) is 47.4 Å². The van der Waals surface area contributed by atoms with E-state index in [1.165, 1.54) is 0 Å². The maximum Gasteiger partial charge on any atom is 0.241 e. The molecule has 0 fully saturated rings. The summed E-state index contributed by atoms with van der Waals surface area (Å²) in [5.41, 5.74) is 9.26. The zero-order valence-electron chi connectivity index (χ0n) is 12.3. The fourth-order valence-corrected chi connectivity index (χ4v) is 3.47. The third kappa shape index (κ3) is 3.91. The molecule has 0 spiro atoms. The molecule has 0 saturated carbocycles. The van der Waals surface area contributed by atoms with Crippen molar-refractivity contribution in [3.63, 3.8) is 0 Å². The zero-order chi connectivity index (χ0) is 15.5. The van der Waals surface area contributed by atoms with E-state index in [2.05, 4.69) is 4.72 Å². The van der Waals surface area contributed by atoms with Crippen molar-refractivity contribution in [3.05, 3.63) is 64.7 Å². The minimum atomic E-state index is -3.51. The van der Waals surface area contributed by atoms with Gasteiger partial charge in [-0.2, -0.15) is 0 Å². The summed E-state index contributed by atoms with van der Waals surface area (Å²) in [7, 11) is -3.51. The number of sulfonamides is 1. The van der Waals surface area contributed by atoms with Crippen LogP contribution in [0.1, 0.15) is 22.3 Å². The molecule has 0 unspecified atom stereocenters. The van der Waals surface area contributed by atoms with Gasteiger partial charge in [0, 0.05) is 13.1 Å². The topological polar surface area (TPSA) is 72.2 Å². The van der Waals surface area contributed by atoms with Crippen molar-refractivity contribution in [1.82, 2.24) is 4.72 Å². The summed E-state index contributed by atoms with van der Waals surface area (Å²) in [6.07, 6.45) is 0. The molecule has 0 aliphatic carbocycles. The van der Waals surface area contributed by atoms with Crippen molar-refractivity contribution < 1.29 is 8.42 Å². The van der Waals surface area contributed by atoms with Crippen molar-refractivity contribution in [3.8, 4) is 0 Å². The Bertz CT molecular complexity index is 740. The van der Waals surface area contributed by atoms with Gasteiger partial charge in [0.05, 0.1) is 4.90 Å². The molecule has 2 rings (SSSR count). The Morgan fingerprint density at radius 3 is 2.43 bits per heavy atom. The van der Waals surface area contributed by atoms with Crippen LogP contribution in [0.5, 0.6) is 0 Å². The van der Waals surface area contributed by atoms with Gasteiger partial charge in [0.1, 0.15) is 0 Å². The smallest absolute Gasteiger partial charge is 0.241 e. The summed E-state index contributed by atoms with van der Waals surface area (Å²) in [5.74, 6) is 0. The van der Waals surface area contributed by atoms with Gasteiger partial charge in [-0.1, -0.05) is 42.0 Å². The summed E-state index contributed by atoms with van der Waals surface area (Å²) in [6.45, 7) is 4.44. The molecule has 2 aromatic rings. The van der Waals surface area contributed by atoms with E-state index in [0.717, 1.165) is 22.3 Å². The fraction of sp³-hybridized carbons (Fsp3) is 0.250. The monoisotopic (exact) mass is 304 g/mol. The lowest BCUT2D eigenvalue weighted by molar-refractivity contribution is 0.580. The van der Waals surface area contributed by atoms with E-state index >= 15 is 0 Å². The summed E-state index contributed by atoms with van der Waals surface area (Å²) in [4.78, 5) is 0.322. The Kier molecular flexibility index (Phi) is 4.77. The van der Waals surface area contributed by atoms with E-state index in [-0.39, 0.29) is 6.54 Å². The van der Waals surface area contributed by atoms with E-state index in [0.29, 0.717) is 11.4 Å². The van der Waals surface area contributed by atoms with E-state index < -0.39 is 10.0 Å². The Morgan fingerprint density at radius 1 is 1.05 bits per heavy atom. The van der Waals surface area contributed by atoms with Gasteiger partial charge in [0.25, 0.3) is 0 Å². The van der Waals surface area contributed by atoms with Crippen LogP contribution in [-0.4, -0.2) is 8.42 Å². The molecule has 0 heterocycles. The van der Waals surface area contributed by atoms with E-state index in [1.807, 2.05) is 37.3 Å². The number of nitrogens with one attached hydrogen (secondary N) is 1. The van der Waals surface area contributed by atoms with Crippen molar-refractivity contribution in [2.45, 2.75) is 31.8 Å². The van der Waals surface area contributed by atoms with Gasteiger partial charge in [-0.05, 0) is 36.6 Å². The van der Waals surface area contributed by atoms with Crippen LogP contribution in [0.2, 0.25) is 0 Å². The Morgan fingerprint density at radius 2 is 1.76 bits per heavy atom. The first-order valence-corrected chi connectivity index (χ1v) is 8.25. The third-order valence-electron chi connectivity index (χ3n) is 3.31. The van der Waals surface area contributed by atoms with Gasteiger partial charge >= 0.3 is 0 Å². The van der Waals surface area contributed by atoms with Crippen LogP contribution in [0, 0.1) is 13.8 Å². The zero-order valence-corrected chi connectivity index (χ0v) is 13.1. The maximum atomic E-state index is 12.4. The molecule has 0 saturated heterocycles. The van der Waals surface area contributed by atoms with Crippen molar-refractivity contribution in [2.24, 2.45) is 5.73 Å². The number of hydrogen-bond donors (Lipinski definition) is 2. The molecule has 0 atom stereocenters. The molecule has 112 valence electrons. The van der Waals surface area contributed by atoms with Crippen LogP contribution < -0.4 is 10.5 Å². The van der Waals surface area contributed by atoms with Crippen molar-refractivity contribution in [2.75, 3.05) is 0 Å². The van der Waals surface area contributed by atoms with Crippen LogP contribution >= 0.6 is 0 Å². The van der Waals surface area contributed by atoms with Gasteiger partial charge in [-0.3, -0.25) is 0 Å². The number of aryl methyl sites for hydroxylation is 2. The highest BCUT2D eigenvalue weighted by Gasteiger charge is 2.16. The molecule has 0 aliphatic heterocycles. The average Bonchev–Trinajstić information content (AvgIpc) is 2.45. The first-order chi connectivity index (χ1) is 9.92. The first kappa shape index (κ1) is 15.7. The molecule has 0 amide bonds. The molecule has 3 N–H and O–H groups in total. The summed E-state index contributed by atoms with van der Waals surface area (Å²) < 4.78 is 27.3. The Hall–Kier alpha value is -1.69. The highest BCUT2D eigenvalue weighted by molar-refractivity contribution is 7.89. The molecule has 0 radical (unpaired) electrons. The fourth-order valence-electron chi connectivity index (χ4n) is 2.22. The Balaban J connectivity index is 2.17. The number of nitrogens with two attached hydrogens (primary N) is 1. The van der Waals surface area contributed by atoms with E-state index in [9.17, 15) is 8.42 Å². The van der Waals surface area contributed by atoms with Gasteiger partial charge in [-0.15, -0.1) is 0 Å². The molecule has 2 aromatic carbocycles. The van der Waals surface area contributed by atoms with E-state index in [4.69, 9.17) is 5.73 Å². The largest absolute Gasteiger partial charge is 0.326 e. The molecular weight excluding hydrogens is 284 g/mol. The summed E-state index contributed by atoms with van der Waals surface area (Å²) >= 11 is 0. The van der Waals surface area contributed by atoms with Gasteiger partial charge < -0.3 is 5.73 Å². The second kappa shape index (κ2) is 6.39. The molecular formula is C16H20N2O2S. The predicted molar refractivity (Wildman–Crippen MR) is 84.3 cm³/mol. The predicted octanol–water partition coefficient (Wildman–Crippen LogP) is 2.24. The highest BCUT2D eigenvalue weighted by atomic mass is 32.2. The third-order valence-corrected chi connectivity index (χ3v) is 4.87. The summed E-state index contributed by atoms with van der Waals surface area (Å²) in [6, 6.07) is 12.9. The van der Waals surface area contributed by atoms with Gasteiger partial charge in [-0.25, -0.2) is 13.1 Å². The highest BCUT2D eigenvalue weighted by Crippen LogP contribution is 2.16. The normalized spacial score (nSPS) is 11.6. The lowest BCUT2D eigenvalue weighted by Crippen LogP contribution is -2.24. The van der Waals surface area contributed by atoms with Crippen LogP contribution in [0.4, 0.5) is 0 Å². The standard InChI is InChI=1S/C16H20N2O2S/c1-12-6-7-16(13(2)8-12)21(19,20)18-11-15-5-3-4-14(9-15)10-17/h3-9,18H,10-11,17H2,1-2H3. The molecule has 0 bridgehead atoms. The van der Waals surface area contributed by atoms with Crippen LogP contribution in [-0.2, 0) is 23.1 Å². The Labute approximate surface area is 126 Å². The minimum Gasteiger partial charge on any atom is -0.326 e. The van der Waals surface area contributed by atoms with Crippen LogP contribution in [0.25, 0.3) is 0 Å². The molecule has 0 aliphatic rings. The second-order valence-corrected chi connectivity index (χ2v) is 6.85. The SMILES string of the molecule is Cc1ccc(S(=O)(=O)NCc2cccc(CN)c2)c(C)c1. The molecule has 0 aromatic heterocycles. The minimum absolute atomic E-state index is 0.253. The van der Waals surface area contributed by atoms with E-state index in [1.54, 1.807) is 19.1 Å². The lowest BCUT2D eigenvalue weighted by atomic mass is 10.1. The number of rotatable bonds is 5. The first-order valence-electron chi connectivity index (χ1n) is 6.77. The number of hydrogen-bond acceptors (Lipinski definition) is 3.